The van der Waals surface area contributed by atoms with Crippen LogP contribution in [0.15, 0.2) is 22.8 Å². The van der Waals surface area contributed by atoms with Crippen LogP contribution in [-0.4, -0.2) is 24.7 Å². The maximum absolute atomic E-state index is 11.9. The summed E-state index contributed by atoms with van der Waals surface area (Å²) in [4.78, 5) is 11.9. The highest BCUT2D eigenvalue weighted by Gasteiger charge is 2.39. The van der Waals surface area contributed by atoms with E-state index in [1.807, 2.05) is 0 Å². The van der Waals surface area contributed by atoms with Gasteiger partial charge in [0.1, 0.15) is 0 Å². The molecule has 2 rings (SSSR count). The van der Waals surface area contributed by atoms with Crippen LogP contribution in [0.1, 0.15) is 63.4 Å². The molecule has 0 aliphatic carbocycles. The van der Waals surface area contributed by atoms with E-state index >= 15 is 0 Å². The van der Waals surface area contributed by atoms with E-state index in [1.165, 1.54) is 19.1 Å². The molecular formula is C17H27NO3. The molecule has 1 aliphatic heterocycles. The summed E-state index contributed by atoms with van der Waals surface area (Å²) >= 11 is 0. The molecule has 4 heteroatoms. The van der Waals surface area contributed by atoms with Gasteiger partial charge >= 0.3 is 0 Å². The van der Waals surface area contributed by atoms with Gasteiger partial charge in [0.05, 0.1) is 11.9 Å². The molecule has 21 heavy (non-hydrogen) atoms. The second kappa shape index (κ2) is 6.65. The molecule has 1 aromatic rings. The largest absolute Gasteiger partial charge is 0.459 e. The van der Waals surface area contributed by atoms with Gasteiger partial charge < -0.3 is 14.5 Å². The van der Waals surface area contributed by atoms with E-state index in [4.69, 9.17) is 9.15 Å². The lowest BCUT2D eigenvalue weighted by Gasteiger charge is -2.45. The maximum atomic E-state index is 11.9. The first-order chi connectivity index (χ1) is 9.96. The van der Waals surface area contributed by atoms with E-state index in [0.29, 0.717) is 12.3 Å². The highest BCUT2D eigenvalue weighted by Crippen LogP contribution is 2.44. The zero-order valence-corrected chi connectivity index (χ0v) is 13.4. The van der Waals surface area contributed by atoms with Crippen LogP contribution < -0.4 is 5.32 Å². The molecule has 0 radical (unpaired) electrons. The average Bonchev–Trinajstić information content (AvgIpc) is 2.91. The number of nitrogens with one attached hydrogen (secondary N) is 1. The van der Waals surface area contributed by atoms with Crippen LogP contribution in [0, 0.1) is 5.41 Å². The third-order valence-corrected chi connectivity index (χ3v) is 4.39. The minimum Gasteiger partial charge on any atom is -0.459 e. The SMILES string of the molecule is CCC[C@@]1(CCNC(=O)c2ccco2)CCOC(C)(C)C1. The molecule has 1 aliphatic rings. The molecule has 0 saturated carbocycles. The Morgan fingerprint density at radius 2 is 2.19 bits per heavy atom. The Bertz CT molecular complexity index is 449. The smallest absolute Gasteiger partial charge is 0.286 e. The summed E-state index contributed by atoms with van der Waals surface area (Å²) in [6.45, 7) is 8.07. The van der Waals surface area contributed by atoms with Crippen molar-refractivity contribution in [3.63, 3.8) is 0 Å². The summed E-state index contributed by atoms with van der Waals surface area (Å²) in [5.74, 6) is 0.254. The molecular weight excluding hydrogens is 266 g/mol. The summed E-state index contributed by atoms with van der Waals surface area (Å²) < 4.78 is 11.0. The van der Waals surface area contributed by atoms with Gasteiger partial charge in [-0.25, -0.2) is 0 Å². The van der Waals surface area contributed by atoms with Gasteiger partial charge in [0, 0.05) is 13.2 Å². The van der Waals surface area contributed by atoms with E-state index in [-0.39, 0.29) is 16.9 Å². The molecule has 2 heterocycles. The molecule has 4 nitrogen and oxygen atoms in total. The summed E-state index contributed by atoms with van der Waals surface area (Å²) in [7, 11) is 0. The van der Waals surface area contributed by atoms with E-state index in [2.05, 4.69) is 26.1 Å². The minimum atomic E-state index is -0.127. The monoisotopic (exact) mass is 293 g/mol. The van der Waals surface area contributed by atoms with Crippen molar-refractivity contribution < 1.29 is 13.9 Å². The zero-order valence-electron chi connectivity index (χ0n) is 13.4. The topological polar surface area (TPSA) is 51.5 Å². The van der Waals surface area contributed by atoms with E-state index in [1.54, 1.807) is 12.1 Å². The molecule has 0 unspecified atom stereocenters. The van der Waals surface area contributed by atoms with Gasteiger partial charge in [0.25, 0.3) is 5.91 Å². The molecule has 1 N–H and O–H groups in total. The fraction of sp³-hybridized carbons (Fsp3) is 0.706. The normalized spacial score (nSPS) is 24.7. The van der Waals surface area contributed by atoms with Crippen molar-refractivity contribution in [3.05, 3.63) is 24.2 Å². The van der Waals surface area contributed by atoms with Crippen molar-refractivity contribution in [2.75, 3.05) is 13.2 Å². The van der Waals surface area contributed by atoms with Gasteiger partial charge in [0.2, 0.25) is 0 Å². The Kier molecular flexibility index (Phi) is 5.09. The highest BCUT2D eigenvalue weighted by molar-refractivity contribution is 5.91. The Morgan fingerprint density at radius 3 is 2.81 bits per heavy atom. The molecule has 1 amide bonds. The van der Waals surface area contributed by atoms with Gasteiger partial charge in [-0.2, -0.15) is 0 Å². The molecule has 118 valence electrons. The van der Waals surface area contributed by atoms with Crippen LogP contribution >= 0.6 is 0 Å². The van der Waals surface area contributed by atoms with Crippen LogP contribution in [-0.2, 0) is 4.74 Å². The Labute approximate surface area is 127 Å². The molecule has 1 saturated heterocycles. The first-order valence-electron chi connectivity index (χ1n) is 7.92. The van der Waals surface area contributed by atoms with Gasteiger partial charge in [-0.15, -0.1) is 0 Å². The molecule has 1 atom stereocenters. The number of hydrogen-bond acceptors (Lipinski definition) is 3. The summed E-state index contributed by atoms with van der Waals surface area (Å²) in [6.07, 6.45) is 7.03. The number of carbonyl (C=O) groups excluding carboxylic acids is 1. The molecule has 1 fully saturated rings. The Balaban J connectivity index is 1.89. The van der Waals surface area contributed by atoms with Crippen LogP contribution in [0.2, 0.25) is 0 Å². The predicted molar refractivity (Wildman–Crippen MR) is 82.3 cm³/mol. The van der Waals surface area contributed by atoms with Crippen molar-refractivity contribution in [3.8, 4) is 0 Å². The van der Waals surface area contributed by atoms with Crippen molar-refractivity contribution in [2.24, 2.45) is 5.41 Å². The third-order valence-electron chi connectivity index (χ3n) is 4.39. The summed E-state index contributed by atoms with van der Waals surface area (Å²) in [6, 6.07) is 3.42. The van der Waals surface area contributed by atoms with Crippen LogP contribution in [0.3, 0.4) is 0 Å². The lowest BCUT2D eigenvalue weighted by molar-refractivity contribution is -0.109. The van der Waals surface area contributed by atoms with Crippen LogP contribution in [0.5, 0.6) is 0 Å². The van der Waals surface area contributed by atoms with E-state index in [0.717, 1.165) is 25.9 Å². The maximum Gasteiger partial charge on any atom is 0.286 e. The molecule has 1 aromatic heterocycles. The molecule has 0 spiro atoms. The lowest BCUT2D eigenvalue weighted by atomic mass is 9.69. The first-order valence-corrected chi connectivity index (χ1v) is 7.92. The second-order valence-corrected chi connectivity index (χ2v) is 6.77. The lowest BCUT2D eigenvalue weighted by Crippen LogP contribution is -2.43. The Hall–Kier alpha value is -1.29. The first kappa shape index (κ1) is 16.1. The van der Waals surface area contributed by atoms with E-state index in [9.17, 15) is 4.79 Å². The zero-order chi connectivity index (χ0) is 15.3. The van der Waals surface area contributed by atoms with Crippen molar-refractivity contribution in [2.45, 2.75) is 58.5 Å². The highest BCUT2D eigenvalue weighted by atomic mass is 16.5. The van der Waals surface area contributed by atoms with Crippen LogP contribution in [0.25, 0.3) is 0 Å². The number of amides is 1. The standard InChI is InChI=1S/C17H27NO3/c1-4-7-17(9-12-21-16(2,3)13-17)8-10-18-15(19)14-6-5-11-20-14/h5-6,11H,4,7-10,12-13H2,1-3H3,(H,18,19)/t17-/m1/s1. The van der Waals surface area contributed by atoms with Gasteiger partial charge in [-0.3, -0.25) is 4.79 Å². The number of carbonyl (C=O) groups is 1. The number of rotatable bonds is 6. The number of ether oxygens (including phenoxy) is 1. The minimum absolute atomic E-state index is 0.0571. The van der Waals surface area contributed by atoms with Crippen molar-refractivity contribution >= 4 is 5.91 Å². The predicted octanol–water partition coefficient (Wildman–Crippen LogP) is 3.78. The fourth-order valence-corrected chi connectivity index (χ4v) is 3.60. The number of hydrogen-bond donors (Lipinski definition) is 1. The third kappa shape index (κ3) is 4.34. The van der Waals surface area contributed by atoms with Crippen molar-refractivity contribution in [1.82, 2.24) is 5.32 Å². The Morgan fingerprint density at radius 1 is 1.38 bits per heavy atom. The number of furan rings is 1. The van der Waals surface area contributed by atoms with Crippen molar-refractivity contribution in [1.29, 1.82) is 0 Å². The second-order valence-electron chi connectivity index (χ2n) is 6.77. The van der Waals surface area contributed by atoms with Crippen LogP contribution in [0.4, 0.5) is 0 Å². The fourth-order valence-electron chi connectivity index (χ4n) is 3.60. The van der Waals surface area contributed by atoms with Gasteiger partial charge in [-0.1, -0.05) is 13.3 Å². The molecule has 0 bridgehead atoms. The van der Waals surface area contributed by atoms with E-state index < -0.39 is 0 Å². The molecule has 0 aromatic carbocycles. The summed E-state index contributed by atoms with van der Waals surface area (Å²) in [5.41, 5.74) is 0.228. The summed E-state index contributed by atoms with van der Waals surface area (Å²) in [5, 5.41) is 2.97. The van der Waals surface area contributed by atoms with Gasteiger partial charge in [-0.05, 0) is 57.1 Å². The quantitative estimate of drug-likeness (QED) is 0.868. The average molecular weight is 293 g/mol. The van der Waals surface area contributed by atoms with Gasteiger partial charge in [0.15, 0.2) is 5.76 Å².